The van der Waals surface area contributed by atoms with Gasteiger partial charge in [0.1, 0.15) is 0 Å². The van der Waals surface area contributed by atoms with E-state index in [0.717, 1.165) is 19.5 Å². The number of benzene rings is 1. The van der Waals surface area contributed by atoms with Crippen LogP contribution in [0.3, 0.4) is 0 Å². The molecule has 0 bridgehead atoms. The summed E-state index contributed by atoms with van der Waals surface area (Å²) in [5.74, 6) is 0.839. The van der Waals surface area contributed by atoms with Gasteiger partial charge in [-0.25, -0.2) is 0 Å². The fourth-order valence-corrected chi connectivity index (χ4v) is 3.03. The van der Waals surface area contributed by atoms with Crippen LogP contribution in [0.25, 0.3) is 0 Å². The van der Waals surface area contributed by atoms with Gasteiger partial charge in [0.25, 0.3) is 0 Å². The summed E-state index contributed by atoms with van der Waals surface area (Å²) in [6.45, 7) is 6.08. The molecule has 3 heteroatoms. The number of rotatable bonds is 4. The van der Waals surface area contributed by atoms with Crippen LogP contribution < -0.4 is 5.32 Å². The molecule has 108 valence electrons. The smallest absolute Gasteiger partial charge is 0.240 e. The Kier molecular flexibility index (Phi) is 3.79. The Morgan fingerprint density at radius 3 is 2.65 bits per heavy atom. The van der Waals surface area contributed by atoms with Crippen LogP contribution >= 0.6 is 0 Å². The molecule has 20 heavy (non-hydrogen) atoms. The number of hydrogen-bond donors (Lipinski definition) is 1. The number of amides is 1. The quantitative estimate of drug-likeness (QED) is 0.912. The first-order valence-electron chi connectivity index (χ1n) is 7.76. The van der Waals surface area contributed by atoms with Crippen molar-refractivity contribution in [3.05, 3.63) is 35.4 Å². The van der Waals surface area contributed by atoms with Crippen LogP contribution in [-0.4, -0.2) is 29.4 Å². The molecule has 1 atom stereocenters. The maximum Gasteiger partial charge on any atom is 0.240 e. The van der Waals surface area contributed by atoms with Gasteiger partial charge in [-0.2, -0.15) is 0 Å². The fourth-order valence-electron chi connectivity index (χ4n) is 3.03. The van der Waals surface area contributed by atoms with E-state index in [4.69, 9.17) is 0 Å². The minimum Gasteiger partial charge on any atom is -0.338 e. The molecule has 1 N–H and O–H groups in total. The molecule has 1 aromatic rings. The van der Waals surface area contributed by atoms with E-state index >= 15 is 0 Å². The zero-order chi connectivity index (χ0) is 14.1. The third-order valence-electron chi connectivity index (χ3n) is 4.21. The predicted octanol–water partition coefficient (Wildman–Crippen LogP) is 2.35. The van der Waals surface area contributed by atoms with Crippen LogP contribution in [0.1, 0.15) is 37.8 Å². The van der Waals surface area contributed by atoms with Crippen LogP contribution in [0.15, 0.2) is 24.3 Å². The Hall–Kier alpha value is -1.35. The van der Waals surface area contributed by atoms with Crippen molar-refractivity contribution in [1.29, 1.82) is 0 Å². The maximum absolute atomic E-state index is 12.8. The number of hydrogen-bond acceptors (Lipinski definition) is 2. The summed E-state index contributed by atoms with van der Waals surface area (Å²) in [5.41, 5.74) is 2.66. The van der Waals surface area contributed by atoms with Crippen molar-refractivity contribution in [2.75, 3.05) is 6.54 Å². The summed E-state index contributed by atoms with van der Waals surface area (Å²) in [7, 11) is 0. The number of nitrogens with one attached hydrogen (secondary N) is 1. The van der Waals surface area contributed by atoms with Crippen molar-refractivity contribution in [1.82, 2.24) is 10.2 Å². The van der Waals surface area contributed by atoms with Gasteiger partial charge in [0.15, 0.2) is 0 Å². The minimum atomic E-state index is -0.0377. The van der Waals surface area contributed by atoms with Crippen LogP contribution in [0.4, 0.5) is 0 Å². The van der Waals surface area contributed by atoms with Gasteiger partial charge in [-0.15, -0.1) is 0 Å². The third kappa shape index (κ3) is 2.88. The highest BCUT2D eigenvalue weighted by Crippen LogP contribution is 2.29. The number of carbonyl (C=O) groups excluding carboxylic acids is 1. The molecule has 2 aliphatic rings. The molecule has 3 nitrogen and oxygen atoms in total. The molecule has 1 amide bonds. The normalized spacial score (nSPS) is 21.6. The van der Waals surface area contributed by atoms with Crippen LogP contribution in [0, 0.1) is 5.92 Å². The zero-order valence-corrected chi connectivity index (χ0v) is 12.4. The molecule has 1 unspecified atom stereocenters. The first-order valence-corrected chi connectivity index (χ1v) is 7.76. The molecule has 0 radical (unpaired) electrons. The van der Waals surface area contributed by atoms with Gasteiger partial charge < -0.3 is 10.2 Å². The lowest BCUT2D eigenvalue weighted by Crippen LogP contribution is -2.51. The summed E-state index contributed by atoms with van der Waals surface area (Å²) in [6, 6.07) is 8.90. The Bertz CT molecular complexity index is 494. The van der Waals surface area contributed by atoms with Crippen molar-refractivity contribution in [2.24, 2.45) is 5.92 Å². The van der Waals surface area contributed by atoms with E-state index in [0.29, 0.717) is 17.9 Å². The van der Waals surface area contributed by atoms with Crippen molar-refractivity contribution < 1.29 is 4.79 Å². The monoisotopic (exact) mass is 272 g/mol. The average Bonchev–Trinajstić information content (AvgIpc) is 3.28. The lowest BCUT2D eigenvalue weighted by atomic mass is 9.95. The second-order valence-electron chi connectivity index (χ2n) is 6.52. The number of carbonyl (C=O) groups is 1. The number of fused-ring (bicyclic) bond motifs is 1. The second kappa shape index (κ2) is 5.57. The Morgan fingerprint density at radius 1 is 1.30 bits per heavy atom. The van der Waals surface area contributed by atoms with Gasteiger partial charge in [-0.3, -0.25) is 4.79 Å². The van der Waals surface area contributed by atoms with Gasteiger partial charge >= 0.3 is 0 Å². The van der Waals surface area contributed by atoms with Crippen molar-refractivity contribution >= 4 is 5.91 Å². The molecule has 1 aliphatic carbocycles. The molecule has 1 aromatic carbocycles. The largest absolute Gasteiger partial charge is 0.338 e. The summed E-state index contributed by atoms with van der Waals surface area (Å²) in [5, 5.41) is 3.42. The lowest BCUT2D eigenvalue weighted by Gasteiger charge is -2.32. The van der Waals surface area contributed by atoms with Gasteiger partial charge in [0, 0.05) is 19.1 Å². The zero-order valence-electron chi connectivity index (χ0n) is 12.4. The number of nitrogens with zero attached hydrogens (tertiary/aromatic N) is 1. The highest BCUT2D eigenvalue weighted by molar-refractivity contribution is 5.83. The van der Waals surface area contributed by atoms with E-state index in [1.807, 2.05) is 0 Å². The second-order valence-corrected chi connectivity index (χ2v) is 6.52. The van der Waals surface area contributed by atoms with Crippen molar-refractivity contribution in [3.8, 4) is 0 Å². The van der Waals surface area contributed by atoms with E-state index in [-0.39, 0.29) is 6.04 Å². The topological polar surface area (TPSA) is 32.3 Å². The van der Waals surface area contributed by atoms with Crippen molar-refractivity contribution in [3.63, 3.8) is 0 Å². The molecule has 0 aromatic heterocycles. The molecule has 1 aliphatic heterocycles. The van der Waals surface area contributed by atoms with E-state index in [1.54, 1.807) is 0 Å². The molecule has 1 heterocycles. The van der Waals surface area contributed by atoms with E-state index in [9.17, 15) is 4.79 Å². The maximum atomic E-state index is 12.8. The van der Waals surface area contributed by atoms with Gasteiger partial charge in [0.2, 0.25) is 5.91 Å². The third-order valence-corrected chi connectivity index (χ3v) is 4.21. The van der Waals surface area contributed by atoms with Crippen molar-refractivity contribution in [2.45, 2.75) is 51.7 Å². The molecule has 3 rings (SSSR count). The van der Waals surface area contributed by atoms with Crippen LogP contribution in [0.2, 0.25) is 0 Å². The molecule has 1 saturated carbocycles. The van der Waals surface area contributed by atoms with E-state index in [2.05, 4.69) is 48.3 Å². The van der Waals surface area contributed by atoms with E-state index < -0.39 is 0 Å². The SMILES string of the molecule is CC(C)CN(C(=O)C1Cc2ccccc2CN1)C1CC1. The predicted molar refractivity (Wildman–Crippen MR) is 80.3 cm³/mol. The molecule has 0 spiro atoms. The molecular formula is C17H24N2O. The summed E-state index contributed by atoms with van der Waals surface area (Å²) < 4.78 is 0. The average molecular weight is 272 g/mol. The molecule has 0 saturated heterocycles. The molecular weight excluding hydrogens is 248 g/mol. The first kappa shape index (κ1) is 13.6. The lowest BCUT2D eigenvalue weighted by molar-refractivity contribution is -0.134. The summed E-state index contributed by atoms with van der Waals surface area (Å²) in [6.07, 6.45) is 3.19. The van der Waals surface area contributed by atoms with E-state index in [1.165, 1.54) is 24.0 Å². The molecule has 1 fully saturated rings. The summed E-state index contributed by atoms with van der Waals surface area (Å²) in [4.78, 5) is 14.9. The van der Waals surface area contributed by atoms with Crippen LogP contribution in [-0.2, 0) is 17.8 Å². The highest BCUT2D eigenvalue weighted by Gasteiger charge is 2.36. The van der Waals surface area contributed by atoms with Gasteiger partial charge in [0.05, 0.1) is 6.04 Å². The fraction of sp³-hybridized carbons (Fsp3) is 0.588. The highest BCUT2D eigenvalue weighted by atomic mass is 16.2. The Labute approximate surface area is 121 Å². The Balaban J connectivity index is 1.71. The van der Waals surface area contributed by atoms with Gasteiger partial charge in [-0.1, -0.05) is 38.1 Å². The summed E-state index contributed by atoms with van der Waals surface area (Å²) >= 11 is 0. The standard InChI is InChI=1S/C17H24N2O/c1-12(2)11-19(15-7-8-15)17(20)16-9-13-5-3-4-6-14(13)10-18-16/h3-6,12,15-16,18H,7-11H2,1-2H3. The van der Waals surface area contributed by atoms with Gasteiger partial charge in [-0.05, 0) is 36.3 Å². The Morgan fingerprint density at radius 2 is 2.00 bits per heavy atom. The first-order chi connectivity index (χ1) is 9.65. The van der Waals surface area contributed by atoms with Crippen LogP contribution in [0.5, 0.6) is 0 Å². The minimum absolute atomic E-state index is 0.0377.